The summed E-state index contributed by atoms with van der Waals surface area (Å²) in [5, 5.41) is 34.1. The van der Waals surface area contributed by atoms with Crippen molar-refractivity contribution in [3.8, 4) is 29.1 Å². The number of ether oxygens (including phenoxy) is 4. The summed E-state index contributed by atoms with van der Waals surface area (Å²) in [6.45, 7) is 2.70. The van der Waals surface area contributed by atoms with Gasteiger partial charge in [-0.2, -0.15) is 5.26 Å². The monoisotopic (exact) mass is 521 g/mol. The first-order chi connectivity index (χ1) is 18.6. The van der Waals surface area contributed by atoms with E-state index in [-0.39, 0.29) is 26.4 Å². The second-order valence-electron chi connectivity index (χ2n) is 8.39. The molecule has 0 heterocycles. The molecule has 38 heavy (non-hydrogen) atoms. The molecule has 0 bridgehead atoms. The third-order valence-corrected chi connectivity index (χ3v) is 5.86. The van der Waals surface area contributed by atoms with Gasteiger partial charge in [0.2, 0.25) is 0 Å². The zero-order valence-electron chi connectivity index (χ0n) is 21.8. The zero-order chi connectivity index (χ0) is 27.2. The van der Waals surface area contributed by atoms with Crippen molar-refractivity contribution in [3.63, 3.8) is 0 Å². The number of hydrogen-bond acceptors (Lipinski definition) is 9. The molecule has 0 amide bonds. The molecule has 0 aliphatic carbocycles. The van der Waals surface area contributed by atoms with Gasteiger partial charge in [-0.15, -0.1) is 0 Å². The average molecular weight is 522 g/mol. The Kier molecular flexibility index (Phi) is 11.7. The van der Waals surface area contributed by atoms with Gasteiger partial charge in [0.25, 0.3) is 0 Å². The highest BCUT2D eigenvalue weighted by Gasteiger charge is 2.12. The molecule has 0 spiro atoms. The fraction of sp³-hybridized carbons (Fsp3) is 0.345. The standard InChI is InChI=1S/C29H35N3O6/c1-35-28-14-25(8-6-21(28)17-31-10-12-33)37-19-23-4-3-5-24(27(23)16-30)20-38-26-9-7-22(18-32-11-13-34)29(15-26)36-2/h3-9,14-15,31-34H,10-13,17-20H2,1-2H3. The van der Waals surface area contributed by atoms with Crippen molar-refractivity contribution in [3.05, 3.63) is 82.4 Å². The van der Waals surface area contributed by atoms with Crippen LogP contribution in [-0.4, -0.2) is 50.7 Å². The van der Waals surface area contributed by atoms with E-state index in [1.807, 2.05) is 54.6 Å². The maximum Gasteiger partial charge on any atom is 0.127 e. The summed E-state index contributed by atoms with van der Waals surface area (Å²) >= 11 is 0. The van der Waals surface area contributed by atoms with Gasteiger partial charge in [0, 0.05) is 60.6 Å². The van der Waals surface area contributed by atoms with E-state index in [2.05, 4.69) is 16.7 Å². The smallest absolute Gasteiger partial charge is 0.127 e. The van der Waals surface area contributed by atoms with Gasteiger partial charge in [-0.25, -0.2) is 0 Å². The fourth-order valence-electron chi connectivity index (χ4n) is 3.89. The lowest BCUT2D eigenvalue weighted by Crippen LogP contribution is -2.17. The molecule has 3 aromatic carbocycles. The van der Waals surface area contributed by atoms with Crippen LogP contribution in [0.1, 0.15) is 27.8 Å². The Balaban J connectivity index is 1.66. The molecule has 4 N–H and O–H groups in total. The van der Waals surface area contributed by atoms with E-state index in [0.29, 0.717) is 54.7 Å². The minimum Gasteiger partial charge on any atom is -0.496 e. The maximum atomic E-state index is 9.89. The summed E-state index contributed by atoms with van der Waals surface area (Å²) in [4.78, 5) is 0. The number of aliphatic hydroxyl groups excluding tert-OH is 2. The van der Waals surface area contributed by atoms with Crippen LogP contribution < -0.4 is 29.6 Å². The summed E-state index contributed by atoms with van der Waals surface area (Å²) in [6, 6.07) is 19.1. The molecule has 0 fully saturated rings. The van der Waals surface area contributed by atoms with Crippen molar-refractivity contribution in [2.24, 2.45) is 0 Å². The maximum absolute atomic E-state index is 9.89. The minimum absolute atomic E-state index is 0.0686. The second kappa shape index (κ2) is 15.4. The first-order valence-corrected chi connectivity index (χ1v) is 12.4. The molecule has 202 valence electrons. The molecule has 0 aliphatic heterocycles. The Morgan fingerprint density at radius 1 is 0.711 bits per heavy atom. The van der Waals surface area contributed by atoms with Gasteiger partial charge in [0.1, 0.15) is 36.2 Å². The van der Waals surface area contributed by atoms with Crippen LogP contribution in [0.25, 0.3) is 0 Å². The summed E-state index contributed by atoms with van der Waals surface area (Å²) in [7, 11) is 3.20. The van der Waals surface area contributed by atoms with Crippen LogP contribution in [-0.2, 0) is 26.3 Å². The van der Waals surface area contributed by atoms with Crippen molar-refractivity contribution in [2.75, 3.05) is 40.5 Å². The number of nitrogens with one attached hydrogen (secondary N) is 2. The SMILES string of the molecule is COc1cc(OCc2cccc(COc3ccc(CNCCO)c(OC)c3)c2C#N)ccc1CNCCO. The number of benzene rings is 3. The molecule has 9 nitrogen and oxygen atoms in total. The third-order valence-electron chi connectivity index (χ3n) is 5.86. The van der Waals surface area contributed by atoms with Crippen molar-refractivity contribution < 1.29 is 29.2 Å². The molecule has 3 rings (SSSR count). The third kappa shape index (κ3) is 8.10. The molecule has 3 aromatic rings. The summed E-state index contributed by atoms with van der Waals surface area (Å²) in [5.41, 5.74) is 3.93. The quantitative estimate of drug-likeness (QED) is 0.211. The molecule has 0 radical (unpaired) electrons. The molecule has 0 unspecified atom stereocenters. The van der Waals surface area contributed by atoms with E-state index in [9.17, 15) is 5.26 Å². The molecular weight excluding hydrogens is 486 g/mol. The lowest BCUT2D eigenvalue weighted by atomic mass is 10.0. The van der Waals surface area contributed by atoms with Gasteiger partial charge in [0.15, 0.2) is 0 Å². The highest BCUT2D eigenvalue weighted by molar-refractivity contribution is 5.46. The Bertz CT molecular complexity index is 1130. The lowest BCUT2D eigenvalue weighted by molar-refractivity contribution is 0.290. The predicted octanol–water partition coefficient (Wildman–Crippen LogP) is 2.90. The van der Waals surface area contributed by atoms with E-state index in [4.69, 9.17) is 29.2 Å². The Morgan fingerprint density at radius 2 is 1.18 bits per heavy atom. The van der Waals surface area contributed by atoms with Crippen LogP contribution >= 0.6 is 0 Å². The van der Waals surface area contributed by atoms with E-state index in [0.717, 1.165) is 22.3 Å². The number of rotatable bonds is 16. The first kappa shape index (κ1) is 28.8. The summed E-state index contributed by atoms with van der Waals surface area (Å²) in [6.07, 6.45) is 0. The normalized spacial score (nSPS) is 10.6. The highest BCUT2D eigenvalue weighted by atomic mass is 16.5. The number of nitriles is 1. The van der Waals surface area contributed by atoms with Crippen LogP contribution in [0.3, 0.4) is 0 Å². The van der Waals surface area contributed by atoms with E-state index >= 15 is 0 Å². The highest BCUT2D eigenvalue weighted by Crippen LogP contribution is 2.28. The average Bonchev–Trinajstić information content (AvgIpc) is 2.95. The van der Waals surface area contributed by atoms with E-state index in [1.54, 1.807) is 14.2 Å². The van der Waals surface area contributed by atoms with Crippen LogP contribution in [0.4, 0.5) is 0 Å². The van der Waals surface area contributed by atoms with Gasteiger partial charge in [-0.05, 0) is 12.1 Å². The van der Waals surface area contributed by atoms with Gasteiger partial charge in [0.05, 0.1) is 39.1 Å². The molecule has 9 heteroatoms. The van der Waals surface area contributed by atoms with Crippen LogP contribution in [0.2, 0.25) is 0 Å². The molecule has 0 aromatic heterocycles. The topological polar surface area (TPSA) is 125 Å². The van der Waals surface area contributed by atoms with Crippen molar-refractivity contribution in [1.82, 2.24) is 10.6 Å². The molecule has 0 saturated carbocycles. The molecule has 0 aliphatic rings. The number of nitrogens with zero attached hydrogens (tertiary/aromatic N) is 1. The summed E-state index contributed by atoms with van der Waals surface area (Å²) < 4.78 is 22.9. The Labute approximate surface area is 223 Å². The summed E-state index contributed by atoms with van der Waals surface area (Å²) in [5.74, 6) is 2.61. The van der Waals surface area contributed by atoms with E-state index in [1.165, 1.54) is 0 Å². The predicted molar refractivity (Wildman–Crippen MR) is 143 cm³/mol. The largest absolute Gasteiger partial charge is 0.496 e. The van der Waals surface area contributed by atoms with Crippen molar-refractivity contribution in [1.29, 1.82) is 5.26 Å². The Hall–Kier alpha value is -3.81. The molecule has 0 atom stereocenters. The molecule has 0 saturated heterocycles. The minimum atomic E-state index is 0.0686. The van der Waals surface area contributed by atoms with Crippen LogP contribution in [0.5, 0.6) is 23.0 Å². The van der Waals surface area contributed by atoms with Gasteiger partial charge in [-0.1, -0.05) is 30.3 Å². The van der Waals surface area contributed by atoms with Gasteiger partial charge >= 0.3 is 0 Å². The number of methoxy groups -OCH3 is 2. The second-order valence-corrected chi connectivity index (χ2v) is 8.39. The number of hydrogen-bond donors (Lipinski definition) is 4. The fourth-order valence-corrected chi connectivity index (χ4v) is 3.89. The zero-order valence-corrected chi connectivity index (χ0v) is 21.8. The van der Waals surface area contributed by atoms with Crippen LogP contribution in [0.15, 0.2) is 54.6 Å². The van der Waals surface area contributed by atoms with Crippen molar-refractivity contribution in [2.45, 2.75) is 26.3 Å². The van der Waals surface area contributed by atoms with E-state index < -0.39 is 0 Å². The molecular formula is C29H35N3O6. The van der Waals surface area contributed by atoms with Gasteiger partial charge < -0.3 is 39.8 Å². The van der Waals surface area contributed by atoms with Crippen molar-refractivity contribution >= 4 is 0 Å². The lowest BCUT2D eigenvalue weighted by Gasteiger charge is -2.15. The first-order valence-electron chi connectivity index (χ1n) is 12.4. The van der Waals surface area contributed by atoms with Gasteiger partial charge in [-0.3, -0.25) is 0 Å². The van der Waals surface area contributed by atoms with Crippen LogP contribution in [0, 0.1) is 11.3 Å². The Morgan fingerprint density at radius 3 is 1.58 bits per heavy atom. The number of aliphatic hydroxyl groups is 2.